The zero-order chi connectivity index (χ0) is 11.8. The molecular formula is C14H24OS. The third kappa shape index (κ3) is 6.29. The fourth-order valence-corrected chi connectivity index (χ4v) is 2.62. The van der Waals surface area contributed by atoms with Crippen LogP contribution in [0.5, 0.6) is 0 Å². The first kappa shape index (κ1) is 13.7. The van der Waals surface area contributed by atoms with Crippen LogP contribution in [0.4, 0.5) is 0 Å². The van der Waals surface area contributed by atoms with Gasteiger partial charge in [-0.05, 0) is 43.0 Å². The fraction of sp³-hybridized carbons (Fsp3) is 0.714. The first-order valence-corrected chi connectivity index (χ1v) is 7.27. The summed E-state index contributed by atoms with van der Waals surface area (Å²) in [6, 6.07) is 4.27. The molecule has 16 heavy (non-hydrogen) atoms. The first-order chi connectivity index (χ1) is 7.68. The monoisotopic (exact) mass is 240 g/mol. The third-order valence-corrected chi connectivity index (χ3v) is 3.80. The van der Waals surface area contributed by atoms with Gasteiger partial charge in [0.1, 0.15) is 0 Å². The number of hydrogen-bond acceptors (Lipinski definition) is 2. The van der Waals surface area contributed by atoms with Gasteiger partial charge in [-0.2, -0.15) is 0 Å². The van der Waals surface area contributed by atoms with Crippen molar-refractivity contribution in [2.24, 2.45) is 5.92 Å². The van der Waals surface area contributed by atoms with Gasteiger partial charge in [-0.15, -0.1) is 11.3 Å². The maximum atomic E-state index is 9.79. The molecule has 1 aromatic heterocycles. The molecule has 0 amide bonds. The fourth-order valence-electron chi connectivity index (χ4n) is 1.87. The van der Waals surface area contributed by atoms with E-state index >= 15 is 0 Å². The molecule has 1 aromatic rings. The van der Waals surface area contributed by atoms with Crippen molar-refractivity contribution in [3.05, 3.63) is 22.4 Å². The van der Waals surface area contributed by atoms with Crippen molar-refractivity contribution in [1.82, 2.24) is 0 Å². The van der Waals surface area contributed by atoms with Crippen LogP contribution < -0.4 is 0 Å². The normalized spacial score (nSPS) is 13.2. The first-order valence-electron chi connectivity index (χ1n) is 6.39. The Morgan fingerprint density at radius 3 is 2.56 bits per heavy atom. The van der Waals surface area contributed by atoms with E-state index in [0.717, 1.165) is 38.0 Å². The van der Waals surface area contributed by atoms with Crippen LogP contribution in [0.2, 0.25) is 0 Å². The molecule has 0 aliphatic heterocycles. The number of thiophene rings is 1. The quantitative estimate of drug-likeness (QED) is 0.720. The molecule has 2 heteroatoms. The standard InChI is InChI=1S/C14H24OS/c1-12(2)6-3-7-13(15)8-4-9-14-10-5-11-16-14/h5,10-13,15H,3-4,6-9H2,1-2H3. The van der Waals surface area contributed by atoms with Crippen LogP contribution in [0.25, 0.3) is 0 Å². The molecule has 0 aliphatic carbocycles. The van der Waals surface area contributed by atoms with E-state index in [1.54, 1.807) is 0 Å². The van der Waals surface area contributed by atoms with E-state index in [9.17, 15) is 5.11 Å². The van der Waals surface area contributed by atoms with Crippen molar-refractivity contribution < 1.29 is 5.11 Å². The van der Waals surface area contributed by atoms with Crippen molar-refractivity contribution in [2.45, 2.75) is 58.5 Å². The lowest BCUT2D eigenvalue weighted by atomic mass is 10.0. The lowest BCUT2D eigenvalue weighted by Crippen LogP contribution is -2.07. The molecule has 1 N–H and O–H groups in total. The van der Waals surface area contributed by atoms with E-state index in [-0.39, 0.29) is 6.10 Å². The maximum absolute atomic E-state index is 9.79. The second-order valence-corrected chi connectivity index (χ2v) is 5.98. The second kappa shape index (κ2) is 7.86. The molecule has 1 rings (SSSR count). The average molecular weight is 240 g/mol. The Morgan fingerprint density at radius 1 is 1.19 bits per heavy atom. The van der Waals surface area contributed by atoms with Gasteiger partial charge < -0.3 is 5.11 Å². The second-order valence-electron chi connectivity index (χ2n) is 4.95. The largest absolute Gasteiger partial charge is 0.393 e. The molecule has 0 fully saturated rings. The van der Waals surface area contributed by atoms with Crippen LogP contribution in [0.15, 0.2) is 17.5 Å². The number of rotatable bonds is 8. The highest BCUT2D eigenvalue weighted by Gasteiger charge is 2.05. The van der Waals surface area contributed by atoms with E-state index < -0.39 is 0 Å². The van der Waals surface area contributed by atoms with Gasteiger partial charge in [0.05, 0.1) is 6.10 Å². The molecule has 1 heterocycles. The SMILES string of the molecule is CC(C)CCCC(O)CCCc1cccs1. The molecule has 92 valence electrons. The Kier molecular flexibility index (Phi) is 6.74. The molecule has 1 unspecified atom stereocenters. The summed E-state index contributed by atoms with van der Waals surface area (Å²) in [5, 5.41) is 11.9. The number of aryl methyl sites for hydroxylation is 1. The molecule has 0 aliphatic rings. The molecule has 0 saturated carbocycles. The molecule has 1 atom stereocenters. The van der Waals surface area contributed by atoms with Gasteiger partial charge >= 0.3 is 0 Å². The lowest BCUT2D eigenvalue weighted by Gasteiger charge is -2.10. The number of aliphatic hydroxyl groups excluding tert-OH is 1. The van der Waals surface area contributed by atoms with Gasteiger partial charge in [0.2, 0.25) is 0 Å². The number of aliphatic hydroxyl groups is 1. The van der Waals surface area contributed by atoms with Gasteiger partial charge in [0, 0.05) is 4.88 Å². The summed E-state index contributed by atoms with van der Waals surface area (Å²) < 4.78 is 0. The van der Waals surface area contributed by atoms with Crippen molar-refractivity contribution in [3.8, 4) is 0 Å². The van der Waals surface area contributed by atoms with Crippen molar-refractivity contribution in [3.63, 3.8) is 0 Å². The summed E-state index contributed by atoms with van der Waals surface area (Å²) in [5.41, 5.74) is 0. The summed E-state index contributed by atoms with van der Waals surface area (Å²) >= 11 is 1.81. The highest BCUT2D eigenvalue weighted by molar-refractivity contribution is 7.09. The smallest absolute Gasteiger partial charge is 0.0540 e. The summed E-state index contributed by atoms with van der Waals surface area (Å²) in [6.07, 6.45) is 6.49. The molecule has 0 saturated heterocycles. The third-order valence-electron chi connectivity index (χ3n) is 2.86. The van der Waals surface area contributed by atoms with Crippen molar-refractivity contribution in [1.29, 1.82) is 0 Å². The molecule has 0 bridgehead atoms. The predicted octanol–water partition coefficient (Wildman–Crippen LogP) is 4.26. The Balaban J connectivity index is 2.00. The van der Waals surface area contributed by atoms with Crippen LogP contribution in [0.1, 0.15) is 50.8 Å². The van der Waals surface area contributed by atoms with Crippen LogP contribution in [0.3, 0.4) is 0 Å². The van der Waals surface area contributed by atoms with Crippen molar-refractivity contribution in [2.75, 3.05) is 0 Å². The van der Waals surface area contributed by atoms with E-state index in [1.165, 1.54) is 11.3 Å². The summed E-state index contributed by atoms with van der Waals surface area (Å²) in [6.45, 7) is 4.48. The van der Waals surface area contributed by atoms with Crippen LogP contribution >= 0.6 is 11.3 Å². The maximum Gasteiger partial charge on any atom is 0.0540 e. The zero-order valence-electron chi connectivity index (χ0n) is 10.5. The van der Waals surface area contributed by atoms with E-state index in [0.29, 0.717) is 0 Å². The lowest BCUT2D eigenvalue weighted by molar-refractivity contribution is 0.147. The van der Waals surface area contributed by atoms with Crippen LogP contribution in [-0.4, -0.2) is 11.2 Å². The topological polar surface area (TPSA) is 20.2 Å². The highest BCUT2D eigenvalue weighted by Crippen LogP contribution is 2.15. The van der Waals surface area contributed by atoms with Crippen molar-refractivity contribution >= 4 is 11.3 Å². The van der Waals surface area contributed by atoms with E-state index in [4.69, 9.17) is 0 Å². The van der Waals surface area contributed by atoms with Gasteiger partial charge in [-0.25, -0.2) is 0 Å². The Hall–Kier alpha value is -0.340. The average Bonchev–Trinajstić information content (AvgIpc) is 2.70. The van der Waals surface area contributed by atoms with Gasteiger partial charge in [-0.1, -0.05) is 32.8 Å². The van der Waals surface area contributed by atoms with Crippen LogP contribution in [0, 0.1) is 5.92 Å². The highest BCUT2D eigenvalue weighted by atomic mass is 32.1. The molecule has 0 spiro atoms. The zero-order valence-corrected chi connectivity index (χ0v) is 11.3. The Morgan fingerprint density at radius 2 is 1.94 bits per heavy atom. The van der Waals surface area contributed by atoms with E-state index in [1.807, 2.05) is 11.3 Å². The summed E-state index contributed by atoms with van der Waals surface area (Å²) in [7, 11) is 0. The summed E-state index contributed by atoms with van der Waals surface area (Å²) in [4.78, 5) is 1.44. The minimum atomic E-state index is -0.0845. The summed E-state index contributed by atoms with van der Waals surface area (Å²) in [5.74, 6) is 0.762. The minimum absolute atomic E-state index is 0.0845. The molecule has 1 nitrogen and oxygen atoms in total. The van der Waals surface area contributed by atoms with Gasteiger partial charge in [0.15, 0.2) is 0 Å². The Bertz CT molecular complexity index is 254. The number of hydrogen-bond donors (Lipinski definition) is 1. The van der Waals surface area contributed by atoms with Crippen LogP contribution in [-0.2, 0) is 6.42 Å². The van der Waals surface area contributed by atoms with Gasteiger partial charge in [-0.3, -0.25) is 0 Å². The molecule has 0 aromatic carbocycles. The van der Waals surface area contributed by atoms with E-state index in [2.05, 4.69) is 31.4 Å². The predicted molar refractivity (Wildman–Crippen MR) is 72.0 cm³/mol. The molecule has 0 radical (unpaired) electrons. The Labute approximate surface area is 104 Å². The van der Waals surface area contributed by atoms with Gasteiger partial charge in [0.25, 0.3) is 0 Å². The molecular weight excluding hydrogens is 216 g/mol. The minimum Gasteiger partial charge on any atom is -0.393 e.